The van der Waals surface area contributed by atoms with Gasteiger partial charge in [-0.15, -0.1) is 0 Å². The van der Waals surface area contributed by atoms with Crippen LogP contribution < -0.4 is 10.1 Å². The zero-order chi connectivity index (χ0) is 13.6. The summed E-state index contributed by atoms with van der Waals surface area (Å²) in [6.45, 7) is 2.28. The number of hydrogen-bond donors (Lipinski definition) is 1. The van der Waals surface area contributed by atoms with Crippen molar-refractivity contribution < 1.29 is 22.3 Å². The molecule has 1 aliphatic carbocycles. The minimum absolute atomic E-state index is 0.106. The van der Waals surface area contributed by atoms with E-state index in [1.165, 1.54) is 0 Å². The maximum Gasteiger partial charge on any atom is 0.416 e. The predicted molar refractivity (Wildman–Crippen MR) is 60.2 cm³/mol. The number of fused-ring (bicyclic) bond motifs is 1. The van der Waals surface area contributed by atoms with Crippen molar-refractivity contribution in [2.24, 2.45) is 17.8 Å². The predicted octanol–water partition coefficient (Wildman–Crippen LogP) is 2.69. The van der Waals surface area contributed by atoms with E-state index in [0.29, 0.717) is 30.4 Å². The Labute approximate surface area is 107 Å². The number of benzene rings is 1. The first kappa shape index (κ1) is 12.7. The highest BCUT2D eigenvalue weighted by molar-refractivity contribution is 5.31. The molecule has 2 nitrogen and oxygen atoms in total. The number of rotatable bonds is 3. The van der Waals surface area contributed by atoms with E-state index in [4.69, 9.17) is 4.74 Å². The summed E-state index contributed by atoms with van der Waals surface area (Å²) in [5.74, 6) is 0.502. The molecule has 1 heterocycles. The minimum atomic E-state index is -4.53. The van der Waals surface area contributed by atoms with Crippen LogP contribution in [0.3, 0.4) is 0 Å². The van der Waals surface area contributed by atoms with Gasteiger partial charge in [0.1, 0.15) is 0 Å². The van der Waals surface area contributed by atoms with Crippen LogP contribution in [0.1, 0.15) is 5.56 Å². The Morgan fingerprint density at radius 1 is 1.21 bits per heavy atom. The van der Waals surface area contributed by atoms with E-state index >= 15 is 0 Å². The van der Waals surface area contributed by atoms with Crippen LogP contribution >= 0.6 is 0 Å². The molecule has 2 aliphatic rings. The highest BCUT2D eigenvalue weighted by Gasteiger charge is 2.53. The van der Waals surface area contributed by atoms with Crippen LogP contribution in [0.5, 0.6) is 5.75 Å². The maximum absolute atomic E-state index is 13.5. The molecule has 2 fully saturated rings. The van der Waals surface area contributed by atoms with Gasteiger partial charge in [0.2, 0.25) is 0 Å². The molecule has 0 spiro atoms. The molecular formula is C13H13F4NO. The van der Waals surface area contributed by atoms with Gasteiger partial charge in [-0.1, -0.05) is 0 Å². The van der Waals surface area contributed by atoms with E-state index in [0.717, 1.165) is 25.2 Å². The van der Waals surface area contributed by atoms with Gasteiger partial charge in [0, 0.05) is 5.92 Å². The van der Waals surface area contributed by atoms with Crippen molar-refractivity contribution in [3.8, 4) is 5.75 Å². The van der Waals surface area contributed by atoms with Crippen molar-refractivity contribution in [2.75, 3.05) is 19.7 Å². The molecule has 104 valence electrons. The summed E-state index contributed by atoms with van der Waals surface area (Å²) in [6.07, 6.45) is -4.53. The second-order valence-corrected chi connectivity index (χ2v) is 5.10. The van der Waals surface area contributed by atoms with Crippen molar-refractivity contribution in [3.05, 3.63) is 29.6 Å². The molecule has 1 aromatic carbocycles. The normalized spacial score (nSPS) is 29.2. The lowest BCUT2D eigenvalue weighted by molar-refractivity contribution is -0.137. The quantitative estimate of drug-likeness (QED) is 0.856. The molecule has 2 unspecified atom stereocenters. The van der Waals surface area contributed by atoms with E-state index in [2.05, 4.69) is 5.32 Å². The fourth-order valence-corrected chi connectivity index (χ4v) is 2.77. The first-order chi connectivity index (χ1) is 8.97. The highest BCUT2D eigenvalue weighted by Crippen LogP contribution is 2.48. The topological polar surface area (TPSA) is 21.3 Å². The third-order valence-electron chi connectivity index (χ3n) is 3.96. The molecular weight excluding hydrogens is 262 g/mol. The van der Waals surface area contributed by atoms with E-state index in [-0.39, 0.29) is 5.75 Å². The van der Waals surface area contributed by atoms with Gasteiger partial charge in [-0.2, -0.15) is 13.2 Å². The summed E-state index contributed by atoms with van der Waals surface area (Å²) in [5.41, 5.74) is -0.996. The Morgan fingerprint density at radius 3 is 2.47 bits per heavy atom. The molecule has 2 atom stereocenters. The van der Waals surface area contributed by atoms with Crippen molar-refractivity contribution in [1.82, 2.24) is 5.32 Å². The SMILES string of the molecule is Fc1cc(C(F)(F)F)ccc1OCC1C2CNCC21. The van der Waals surface area contributed by atoms with Crippen molar-refractivity contribution in [1.29, 1.82) is 0 Å². The molecule has 19 heavy (non-hydrogen) atoms. The summed E-state index contributed by atoms with van der Waals surface area (Å²) in [5, 5.41) is 3.23. The fourth-order valence-electron chi connectivity index (χ4n) is 2.77. The first-order valence-electron chi connectivity index (χ1n) is 6.17. The van der Waals surface area contributed by atoms with E-state index in [9.17, 15) is 17.6 Å². The molecule has 6 heteroatoms. The van der Waals surface area contributed by atoms with Gasteiger partial charge in [0.05, 0.1) is 12.2 Å². The number of piperidine rings is 1. The summed E-state index contributed by atoms with van der Waals surface area (Å²) >= 11 is 0. The van der Waals surface area contributed by atoms with Crippen LogP contribution in [0.25, 0.3) is 0 Å². The van der Waals surface area contributed by atoms with Crippen molar-refractivity contribution >= 4 is 0 Å². The summed E-state index contributed by atoms with van der Waals surface area (Å²) in [4.78, 5) is 0. The number of alkyl halides is 3. The summed E-state index contributed by atoms with van der Waals surface area (Å²) in [6, 6.07) is 2.37. The zero-order valence-electron chi connectivity index (χ0n) is 10.0. The molecule has 0 amide bonds. The van der Waals surface area contributed by atoms with Crippen molar-refractivity contribution in [3.63, 3.8) is 0 Å². The van der Waals surface area contributed by atoms with E-state index in [1.807, 2.05) is 0 Å². The number of halogens is 4. The molecule has 1 saturated heterocycles. The number of ether oxygens (including phenoxy) is 1. The average Bonchev–Trinajstić information content (AvgIpc) is 2.78. The third kappa shape index (κ3) is 2.41. The van der Waals surface area contributed by atoms with Crippen LogP contribution in [0, 0.1) is 23.6 Å². The smallest absolute Gasteiger partial charge is 0.416 e. The summed E-state index contributed by atoms with van der Waals surface area (Å²) in [7, 11) is 0. The van der Waals surface area contributed by atoms with Gasteiger partial charge in [0.15, 0.2) is 11.6 Å². The lowest BCUT2D eigenvalue weighted by Gasteiger charge is -2.11. The van der Waals surface area contributed by atoms with Crippen LogP contribution in [0.2, 0.25) is 0 Å². The molecule has 0 aromatic heterocycles. The van der Waals surface area contributed by atoms with Gasteiger partial charge in [-0.3, -0.25) is 0 Å². The average molecular weight is 275 g/mol. The van der Waals surface area contributed by atoms with Crippen LogP contribution in [0.15, 0.2) is 18.2 Å². The molecule has 1 aromatic rings. The molecule has 0 bridgehead atoms. The van der Waals surface area contributed by atoms with Gasteiger partial charge >= 0.3 is 6.18 Å². The van der Waals surface area contributed by atoms with Gasteiger partial charge in [-0.25, -0.2) is 4.39 Å². The Kier molecular flexibility index (Phi) is 2.92. The highest BCUT2D eigenvalue weighted by atomic mass is 19.4. The molecule has 1 saturated carbocycles. The molecule has 0 radical (unpaired) electrons. The second kappa shape index (κ2) is 4.37. The van der Waals surface area contributed by atoms with E-state index in [1.54, 1.807) is 0 Å². The largest absolute Gasteiger partial charge is 0.490 e. The van der Waals surface area contributed by atoms with Crippen LogP contribution in [-0.4, -0.2) is 19.7 Å². The van der Waals surface area contributed by atoms with E-state index < -0.39 is 17.6 Å². The zero-order valence-corrected chi connectivity index (χ0v) is 10.0. The van der Waals surface area contributed by atoms with Crippen molar-refractivity contribution in [2.45, 2.75) is 6.18 Å². The Hall–Kier alpha value is -1.30. The first-order valence-corrected chi connectivity index (χ1v) is 6.17. The standard InChI is InChI=1S/C13H13F4NO/c14-11-3-7(13(15,16)17)1-2-12(11)19-6-10-8-4-18-5-9(8)10/h1-3,8-10,18H,4-6H2. The fraction of sp³-hybridized carbons (Fsp3) is 0.538. The Morgan fingerprint density at radius 2 is 1.89 bits per heavy atom. The van der Waals surface area contributed by atoms with Gasteiger partial charge < -0.3 is 10.1 Å². The maximum atomic E-state index is 13.5. The van der Waals surface area contributed by atoms with Crippen LogP contribution in [-0.2, 0) is 6.18 Å². The second-order valence-electron chi connectivity index (χ2n) is 5.10. The lowest BCUT2D eigenvalue weighted by Crippen LogP contribution is -2.18. The summed E-state index contributed by atoms with van der Waals surface area (Å²) < 4.78 is 55.9. The van der Waals surface area contributed by atoms with Gasteiger partial charge in [-0.05, 0) is 43.1 Å². The third-order valence-corrected chi connectivity index (χ3v) is 3.96. The number of nitrogens with one attached hydrogen (secondary N) is 1. The molecule has 3 rings (SSSR count). The van der Waals surface area contributed by atoms with Crippen LogP contribution in [0.4, 0.5) is 17.6 Å². The minimum Gasteiger partial charge on any atom is -0.490 e. The Balaban J connectivity index is 1.62. The molecule has 1 N–H and O–H groups in total. The Bertz CT molecular complexity index is 478. The van der Waals surface area contributed by atoms with Gasteiger partial charge in [0.25, 0.3) is 0 Å². The monoisotopic (exact) mass is 275 g/mol. The number of hydrogen-bond acceptors (Lipinski definition) is 2. The lowest BCUT2D eigenvalue weighted by atomic mass is 10.2. The molecule has 1 aliphatic heterocycles.